The van der Waals surface area contributed by atoms with Gasteiger partial charge in [-0.2, -0.15) is 0 Å². The zero-order chi connectivity index (χ0) is 16.9. The largest absolute Gasteiger partial charge is 0.467 e. The van der Waals surface area contributed by atoms with Crippen molar-refractivity contribution < 1.29 is 9.21 Å². The van der Waals surface area contributed by atoms with Gasteiger partial charge in [-0.15, -0.1) is 0 Å². The summed E-state index contributed by atoms with van der Waals surface area (Å²) in [5.41, 5.74) is 3.35. The summed E-state index contributed by atoms with van der Waals surface area (Å²) in [6.45, 7) is 4.47. The zero-order valence-corrected chi connectivity index (χ0v) is 13.5. The van der Waals surface area contributed by atoms with Crippen molar-refractivity contribution in [2.24, 2.45) is 0 Å². The molecule has 2 heterocycles. The van der Waals surface area contributed by atoms with Crippen LogP contribution in [0.5, 0.6) is 0 Å². The van der Waals surface area contributed by atoms with E-state index in [-0.39, 0.29) is 5.91 Å². The molecule has 1 aromatic carbocycles. The monoisotopic (exact) mass is 322 g/mol. The molecule has 6 heteroatoms. The fourth-order valence-corrected chi connectivity index (χ4v) is 2.37. The first-order valence-corrected chi connectivity index (χ1v) is 7.58. The van der Waals surface area contributed by atoms with Crippen LogP contribution < -0.4 is 10.6 Å². The molecule has 0 saturated heterocycles. The van der Waals surface area contributed by atoms with Crippen molar-refractivity contribution in [3.05, 3.63) is 71.4 Å². The number of amides is 1. The number of hydrogen-bond acceptors (Lipinski definition) is 5. The predicted molar refractivity (Wildman–Crippen MR) is 91.9 cm³/mol. The highest BCUT2D eigenvalue weighted by Crippen LogP contribution is 2.15. The smallest absolute Gasteiger partial charge is 0.258 e. The lowest BCUT2D eigenvalue weighted by Gasteiger charge is -2.08. The van der Waals surface area contributed by atoms with Crippen LogP contribution in [0.2, 0.25) is 0 Å². The molecule has 1 amide bonds. The van der Waals surface area contributed by atoms with E-state index in [1.54, 1.807) is 6.26 Å². The number of rotatable bonds is 5. The lowest BCUT2D eigenvalue weighted by atomic mass is 10.1. The maximum Gasteiger partial charge on any atom is 0.258 e. The van der Waals surface area contributed by atoms with Crippen LogP contribution in [0.3, 0.4) is 0 Å². The van der Waals surface area contributed by atoms with E-state index >= 15 is 0 Å². The van der Waals surface area contributed by atoms with E-state index in [9.17, 15) is 4.79 Å². The molecular formula is C18H18N4O2. The van der Waals surface area contributed by atoms with Crippen LogP contribution >= 0.6 is 0 Å². The molecule has 24 heavy (non-hydrogen) atoms. The summed E-state index contributed by atoms with van der Waals surface area (Å²) in [7, 11) is 0. The summed E-state index contributed by atoms with van der Waals surface area (Å²) in [6, 6.07) is 9.57. The van der Waals surface area contributed by atoms with E-state index in [4.69, 9.17) is 4.42 Å². The molecule has 0 unspecified atom stereocenters. The number of aromatic nitrogens is 2. The number of benzene rings is 1. The number of hydrogen-bond donors (Lipinski definition) is 2. The Hall–Kier alpha value is -3.15. The number of carbonyl (C=O) groups excluding carboxylic acids is 1. The molecule has 122 valence electrons. The van der Waals surface area contributed by atoms with Gasteiger partial charge in [0.2, 0.25) is 5.95 Å². The van der Waals surface area contributed by atoms with E-state index in [0.717, 1.165) is 22.6 Å². The van der Waals surface area contributed by atoms with Gasteiger partial charge >= 0.3 is 0 Å². The Bertz CT molecular complexity index is 806. The van der Waals surface area contributed by atoms with Crippen molar-refractivity contribution in [2.45, 2.75) is 20.4 Å². The second kappa shape index (κ2) is 6.95. The minimum Gasteiger partial charge on any atom is -0.467 e. The SMILES string of the molecule is Cc1cc(C)cc(NC(=O)c2cnc(NCc3ccco3)nc2)c1. The Balaban J connectivity index is 1.63. The van der Waals surface area contributed by atoms with E-state index < -0.39 is 0 Å². The number of furan rings is 1. The highest BCUT2D eigenvalue weighted by molar-refractivity contribution is 6.04. The minimum atomic E-state index is -0.238. The van der Waals surface area contributed by atoms with E-state index in [2.05, 4.69) is 26.7 Å². The van der Waals surface area contributed by atoms with Gasteiger partial charge in [0.15, 0.2) is 0 Å². The molecule has 6 nitrogen and oxygen atoms in total. The second-order valence-corrected chi connectivity index (χ2v) is 5.56. The molecule has 0 radical (unpaired) electrons. The highest BCUT2D eigenvalue weighted by atomic mass is 16.3. The summed E-state index contributed by atoms with van der Waals surface area (Å²) < 4.78 is 5.22. The maximum absolute atomic E-state index is 12.3. The van der Waals surface area contributed by atoms with Gasteiger partial charge < -0.3 is 15.1 Å². The second-order valence-electron chi connectivity index (χ2n) is 5.56. The average molecular weight is 322 g/mol. The Labute approximate surface area is 140 Å². The van der Waals surface area contributed by atoms with Crippen LogP contribution in [-0.4, -0.2) is 15.9 Å². The lowest BCUT2D eigenvalue weighted by Crippen LogP contribution is -2.13. The third-order valence-electron chi connectivity index (χ3n) is 3.39. The summed E-state index contributed by atoms with van der Waals surface area (Å²) >= 11 is 0. The summed E-state index contributed by atoms with van der Waals surface area (Å²) in [4.78, 5) is 20.6. The van der Waals surface area contributed by atoms with E-state index in [1.807, 2.05) is 38.1 Å². The molecule has 0 aliphatic heterocycles. The molecule has 0 fully saturated rings. The first kappa shape index (κ1) is 15.7. The van der Waals surface area contributed by atoms with Crippen LogP contribution in [0.1, 0.15) is 27.2 Å². The zero-order valence-electron chi connectivity index (χ0n) is 13.5. The quantitative estimate of drug-likeness (QED) is 0.751. The van der Waals surface area contributed by atoms with Gasteiger partial charge in [0.25, 0.3) is 5.91 Å². The summed E-state index contributed by atoms with van der Waals surface area (Å²) in [6.07, 6.45) is 4.60. The minimum absolute atomic E-state index is 0.238. The molecule has 2 aromatic heterocycles. The molecule has 0 atom stereocenters. The standard InChI is InChI=1S/C18H18N4O2/c1-12-6-13(2)8-15(7-12)22-17(23)14-9-19-18(20-10-14)21-11-16-4-3-5-24-16/h3-10H,11H2,1-2H3,(H,22,23)(H,19,20,21). The first-order valence-electron chi connectivity index (χ1n) is 7.58. The molecule has 0 aliphatic rings. The number of aryl methyl sites for hydroxylation is 2. The van der Waals surface area contributed by atoms with Crippen molar-refractivity contribution >= 4 is 17.5 Å². The normalized spacial score (nSPS) is 10.4. The third kappa shape index (κ3) is 3.98. The van der Waals surface area contributed by atoms with E-state index in [1.165, 1.54) is 12.4 Å². The fourth-order valence-electron chi connectivity index (χ4n) is 2.37. The van der Waals surface area contributed by atoms with Gasteiger partial charge in [0.05, 0.1) is 18.4 Å². The molecule has 0 saturated carbocycles. The molecule has 2 N–H and O–H groups in total. The predicted octanol–water partition coefficient (Wildman–Crippen LogP) is 3.55. The number of anilines is 2. The van der Waals surface area contributed by atoms with Crippen LogP contribution in [0.15, 0.2) is 53.4 Å². The number of nitrogens with one attached hydrogen (secondary N) is 2. The summed E-state index contributed by atoms with van der Waals surface area (Å²) in [5.74, 6) is 0.988. The maximum atomic E-state index is 12.3. The van der Waals surface area contributed by atoms with Crippen molar-refractivity contribution in [1.82, 2.24) is 9.97 Å². The van der Waals surface area contributed by atoms with Crippen LogP contribution in [0.25, 0.3) is 0 Å². The topological polar surface area (TPSA) is 80.0 Å². The Morgan fingerprint density at radius 1 is 1.12 bits per heavy atom. The molecule has 0 aliphatic carbocycles. The van der Waals surface area contributed by atoms with E-state index in [0.29, 0.717) is 18.1 Å². The van der Waals surface area contributed by atoms with Gasteiger partial charge in [-0.1, -0.05) is 6.07 Å². The van der Waals surface area contributed by atoms with Gasteiger partial charge in [-0.25, -0.2) is 9.97 Å². The Kier molecular flexibility index (Phi) is 4.56. The Morgan fingerprint density at radius 3 is 2.46 bits per heavy atom. The Morgan fingerprint density at radius 2 is 1.83 bits per heavy atom. The van der Waals surface area contributed by atoms with Gasteiger partial charge in [0.1, 0.15) is 5.76 Å². The summed E-state index contributed by atoms with van der Waals surface area (Å²) in [5, 5.41) is 5.89. The number of nitrogens with zero attached hydrogens (tertiary/aromatic N) is 2. The average Bonchev–Trinajstić information content (AvgIpc) is 3.06. The molecule has 0 bridgehead atoms. The molecule has 3 aromatic rings. The first-order chi connectivity index (χ1) is 11.6. The lowest BCUT2D eigenvalue weighted by molar-refractivity contribution is 0.102. The van der Waals surface area contributed by atoms with Gasteiger partial charge in [-0.3, -0.25) is 4.79 Å². The fraction of sp³-hybridized carbons (Fsp3) is 0.167. The van der Waals surface area contributed by atoms with Crippen molar-refractivity contribution in [3.8, 4) is 0 Å². The van der Waals surface area contributed by atoms with Crippen molar-refractivity contribution in [2.75, 3.05) is 10.6 Å². The van der Waals surface area contributed by atoms with Crippen molar-refractivity contribution in [3.63, 3.8) is 0 Å². The molecular weight excluding hydrogens is 304 g/mol. The van der Waals surface area contributed by atoms with Crippen molar-refractivity contribution in [1.29, 1.82) is 0 Å². The van der Waals surface area contributed by atoms with Gasteiger partial charge in [0, 0.05) is 18.1 Å². The van der Waals surface area contributed by atoms with Crippen LogP contribution in [0, 0.1) is 13.8 Å². The van der Waals surface area contributed by atoms with Crippen LogP contribution in [-0.2, 0) is 6.54 Å². The van der Waals surface area contributed by atoms with Gasteiger partial charge in [-0.05, 0) is 49.2 Å². The third-order valence-corrected chi connectivity index (χ3v) is 3.39. The molecule has 0 spiro atoms. The highest BCUT2D eigenvalue weighted by Gasteiger charge is 2.08. The number of carbonyl (C=O) groups is 1. The van der Waals surface area contributed by atoms with Crippen LogP contribution in [0.4, 0.5) is 11.6 Å². The molecule has 3 rings (SSSR count).